The van der Waals surface area contributed by atoms with Crippen molar-refractivity contribution in [3.8, 4) is 5.75 Å². The molecule has 1 heterocycles. The second-order valence-electron chi connectivity index (χ2n) is 6.50. The van der Waals surface area contributed by atoms with Crippen LogP contribution in [0, 0.1) is 13.8 Å². The summed E-state index contributed by atoms with van der Waals surface area (Å²) in [5.41, 5.74) is 1.81. The van der Waals surface area contributed by atoms with Gasteiger partial charge >= 0.3 is 0 Å². The van der Waals surface area contributed by atoms with Crippen molar-refractivity contribution in [3.05, 3.63) is 51.7 Å². The van der Waals surface area contributed by atoms with E-state index in [1.54, 1.807) is 37.3 Å². The molecule has 0 fully saturated rings. The van der Waals surface area contributed by atoms with Gasteiger partial charge in [-0.1, -0.05) is 63.3 Å². The highest BCUT2D eigenvalue weighted by molar-refractivity contribution is 7.86. The Labute approximate surface area is 161 Å². The predicted octanol–water partition coefficient (Wildman–Crippen LogP) is 6.05. The van der Waals surface area contributed by atoms with Crippen molar-refractivity contribution in [1.82, 2.24) is 0 Å². The van der Waals surface area contributed by atoms with Gasteiger partial charge in [0.25, 0.3) is 10.1 Å². The summed E-state index contributed by atoms with van der Waals surface area (Å²) in [6.45, 7) is 5.59. The maximum Gasteiger partial charge on any atom is 0.271 e. The van der Waals surface area contributed by atoms with Crippen LogP contribution >= 0.6 is 11.3 Å². The van der Waals surface area contributed by atoms with E-state index >= 15 is 0 Å². The number of hydrogen-bond donors (Lipinski definition) is 2. The van der Waals surface area contributed by atoms with Gasteiger partial charge in [-0.2, -0.15) is 19.8 Å². The summed E-state index contributed by atoms with van der Waals surface area (Å²) in [5.74, 6) is 0.177. The van der Waals surface area contributed by atoms with E-state index in [0.717, 1.165) is 32.1 Å². The number of unbranched alkanes of at least 4 members (excludes halogenated alkanes) is 4. The van der Waals surface area contributed by atoms with Crippen LogP contribution < -0.4 is 0 Å². The van der Waals surface area contributed by atoms with E-state index in [1.165, 1.54) is 0 Å². The number of phenolic OH excluding ortho intramolecular Hbond substituents is 1. The van der Waals surface area contributed by atoms with Crippen molar-refractivity contribution in [3.63, 3.8) is 0 Å². The normalized spacial score (nSPS) is 12.3. The standard InChI is InChI=1S/C16H26O4S.C4H4S/c1-4-5-6-7-8-9-15(21(18,19)20)14-10-12(2)16(17)13(3)11-14;1-2-4-5-3-1/h10-11,15,17H,4-9H2,1-3H3,(H,18,19,20);1-4H. The first kappa shape index (κ1) is 22.7. The number of aromatic hydroxyl groups is 1. The number of hydrogen-bond acceptors (Lipinski definition) is 4. The molecule has 0 aliphatic carbocycles. The lowest BCUT2D eigenvalue weighted by molar-refractivity contribution is 0.456. The Morgan fingerprint density at radius 3 is 1.96 bits per heavy atom. The van der Waals surface area contributed by atoms with Crippen LogP contribution in [0.5, 0.6) is 5.75 Å². The molecule has 6 heteroatoms. The van der Waals surface area contributed by atoms with E-state index in [9.17, 15) is 18.1 Å². The van der Waals surface area contributed by atoms with E-state index in [-0.39, 0.29) is 5.75 Å². The van der Waals surface area contributed by atoms with Gasteiger partial charge in [0.1, 0.15) is 11.0 Å². The summed E-state index contributed by atoms with van der Waals surface area (Å²) in [5, 5.41) is 13.0. The first-order chi connectivity index (χ1) is 12.3. The van der Waals surface area contributed by atoms with Gasteiger partial charge in [0, 0.05) is 0 Å². The fourth-order valence-corrected chi connectivity index (χ4v) is 4.22. The molecule has 1 unspecified atom stereocenters. The quantitative estimate of drug-likeness (QED) is 0.419. The van der Waals surface area contributed by atoms with Crippen molar-refractivity contribution >= 4 is 21.5 Å². The minimum atomic E-state index is -4.14. The number of thiophene rings is 1. The zero-order valence-electron chi connectivity index (χ0n) is 15.8. The van der Waals surface area contributed by atoms with Crippen LogP contribution in [0.2, 0.25) is 0 Å². The van der Waals surface area contributed by atoms with E-state index in [4.69, 9.17) is 0 Å². The van der Waals surface area contributed by atoms with Gasteiger partial charge in [0.2, 0.25) is 0 Å². The van der Waals surface area contributed by atoms with Crippen molar-refractivity contribution < 1.29 is 18.1 Å². The minimum Gasteiger partial charge on any atom is -0.507 e. The Kier molecular flexibility index (Phi) is 9.91. The van der Waals surface area contributed by atoms with E-state index in [0.29, 0.717) is 23.1 Å². The third kappa shape index (κ3) is 7.89. The Balaban J connectivity index is 0.000000577. The first-order valence-electron chi connectivity index (χ1n) is 9.01. The molecule has 0 bridgehead atoms. The van der Waals surface area contributed by atoms with Gasteiger partial charge < -0.3 is 5.11 Å². The molecule has 0 amide bonds. The maximum atomic E-state index is 11.7. The lowest BCUT2D eigenvalue weighted by Crippen LogP contribution is -2.13. The Morgan fingerprint density at radius 1 is 1.00 bits per heavy atom. The number of phenols is 1. The van der Waals surface area contributed by atoms with Crippen molar-refractivity contribution in [2.75, 3.05) is 0 Å². The van der Waals surface area contributed by atoms with Crippen LogP contribution in [0.1, 0.15) is 67.4 Å². The zero-order chi connectivity index (χ0) is 19.6. The van der Waals surface area contributed by atoms with Gasteiger partial charge in [-0.3, -0.25) is 4.55 Å². The van der Waals surface area contributed by atoms with Crippen LogP contribution in [-0.2, 0) is 10.1 Å². The molecule has 2 rings (SSSR count). The molecule has 0 aliphatic heterocycles. The first-order valence-corrected chi connectivity index (χ1v) is 11.5. The molecule has 4 nitrogen and oxygen atoms in total. The average molecular weight is 399 g/mol. The molecule has 2 aromatic rings. The molecule has 2 N–H and O–H groups in total. The summed E-state index contributed by atoms with van der Waals surface area (Å²) in [6, 6.07) is 7.33. The van der Waals surface area contributed by atoms with Crippen molar-refractivity contribution in [2.24, 2.45) is 0 Å². The second-order valence-corrected chi connectivity index (χ2v) is 8.92. The molecular weight excluding hydrogens is 368 g/mol. The predicted molar refractivity (Wildman–Crippen MR) is 110 cm³/mol. The summed E-state index contributed by atoms with van der Waals surface area (Å²) < 4.78 is 32.8. The summed E-state index contributed by atoms with van der Waals surface area (Å²) >= 11 is 1.71. The Bertz CT molecular complexity index is 697. The monoisotopic (exact) mass is 398 g/mol. The molecule has 0 saturated heterocycles. The number of rotatable bonds is 8. The summed E-state index contributed by atoms with van der Waals surface area (Å²) in [7, 11) is -4.14. The highest BCUT2D eigenvalue weighted by Gasteiger charge is 2.25. The van der Waals surface area contributed by atoms with Crippen LogP contribution in [0.15, 0.2) is 35.0 Å². The number of benzene rings is 1. The third-order valence-electron chi connectivity index (χ3n) is 4.24. The summed E-state index contributed by atoms with van der Waals surface area (Å²) in [4.78, 5) is 0. The zero-order valence-corrected chi connectivity index (χ0v) is 17.4. The highest BCUT2D eigenvalue weighted by Crippen LogP contribution is 2.32. The molecule has 1 atom stereocenters. The molecule has 0 spiro atoms. The molecule has 0 radical (unpaired) electrons. The fraction of sp³-hybridized carbons (Fsp3) is 0.500. The van der Waals surface area contributed by atoms with Gasteiger partial charge in [0.15, 0.2) is 0 Å². The largest absolute Gasteiger partial charge is 0.507 e. The Hall–Kier alpha value is -1.37. The molecule has 26 heavy (non-hydrogen) atoms. The molecule has 146 valence electrons. The minimum absolute atomic E-state index is 0.177. The third-order valence-corrected chi connectivity index (χ3v) is 6.10. The molecule has 0 saturated carbocycles. The smallest absolute Gasteiger partial charge is 0.271 e. The second kappa shape index (κ2) is 11.4. The maximum absolute atomic E-state index is 11.7. The average Bonchev–Trinajstić information content (AvgIpc) is 3.14. The van der Waals surface area contributed by atoms with E-state index in [2.05, 4.69) is 6.92 Å². The topological polar surface area (TPSA) is 74.6 Å². The Morgan fingerprint density at radius 2 is 1.54 bits per heavy atom. The van der Waals surface area contributed by atoms with Gasteiger partial charge in [0.05, 0.1) is 0 Å². The van der Waals surface area contributed by atoms with Crippen LogP contribution in [0.4, 0.5) is 0 Å². The van der Waals surface area contributed by atoms with Crippen molar-refractivity contribution in [1.29, 1.82) is 0 Å². The van der Waals surface area contributed by atoms with E-state index in [1.807, 2.05) is 22.9 Å². The molecule has 0 aliphatic rings. The van der Waals surface area contributed by atoms with Gasteiger partial charge in [-0.25, -0.2) is 0 Å². The lowest BCUT2D eigenvalue weighted by Gasteiger charge is -2.16. The van der Waals surface area contributed by atoms with Crippen LogP contribution in [-0.4, -0.2) is 18.1 Å². The summed E-state index contributed by atoms with van der Waals surface area (Å²) in [6.07, 6.45) is 5.51. The van der Waals surface area contributed by atoms with Crippen molar-refractivity contribution in [2.45, 2.75) is 64.5 Å². The molecule has 1 aromatic carbocycles. The molecule has 1 aromatic heterocycles. The van der Waals surface area contributed by atoms with E-state index < -0.39 is 15.4 Å². The number of aryl methyl sites for hydroxylation is 2. The fourth-order valence-electron chi connectivity index (χ4n) is 2.82. The molecular formula is C20H30O4S2. The van der Waals surface area contributed by atoms with Gasteiger partial charge in [-0.15, -0.1) is 0 Å². The SMILES string of the molecule is CCCCCCCC(c1cc(C)c(O)c(C)c1)S(=O)(=O)O.c1ccsc1. The van der Waals surface area contributed by atoms with Crippen LogP contribution in [0.3, 0.4) is 0 Å². The van der Waals surface area contributed by atoms with Gasteiger partial charge in [-0.05, 0) is 47.7 Å². The lowest BCUT2D eigenvalue weighted by atomic mass is 10.00. The highest BCUT2D eigenvalue weighted by atomic mass is 32.2. The van der Waals surface area contributed by atoms with Crippen LogP contribution in [0.25, 0.3) is 0 Å².